The number of aromatic amines is 1. The number of carbonyl (C=O) groups is 2. The van der Waals surface area contributed by atoms with Gasteiger partial charge in [-0.25, -0.2) is 9.59 Å². The molecule has 1 heterocycles. The third kappa shape index (κ3) is 2.42. The summed E-state index contributed by atoms with van der Waals surface area (Å²) in [6.45, 7) is 1.84. The van der Waals surface area contributed by atoms with E-state index in [0.29, 0.717) is 5.56 Å². The number of aromatic nitrogens is 1. The van der Waals surface area contributed by atoms with Gasteiger partial charge in [0.05, 0.1) is 19.8 Å². The minimum atomic E-state index is -0.602. The van der Waals surface area contributed by atoms with Crippen LogP contribution < -0.4 is 0 Å². The Hall–Kier alpha value is -2.56. The number of aryl methyl sites for hydroxylation is 1. The first-order chi connectivity index (χ1) is 9.58. The standard InChI is InChI=1S/C15H15NO4/c1-9-14(10-6-4-5-7-12(10)16-9)11(15(18)20-3)8-13(17)19-2/h4-8,16H,1-3H3/b11-8-. The summed E-state index contributed by atoms with van der Waals surface area (Å²) in [5.41, 5.74) is 2.50. The van der Waals surface area contributed by atoms with Crippen molar-refractivity contribution in [3.05, 3.63) is 41.6 Å². The van der Waals surface area contributed by atoms with Crippen molar-refractivity contribution < 1.29 is 19.1 Å². The van der Waals surface area contributed by atoms with E-state index in [-0.39, 0.29) is 5.57 Å². The lowest BCUT2D eigenvalue weighted by Gasteiger charge is -2.06. The van der Waals surface area contributed by atoms with Gasteiger partial charge in [-0.15, -0.1) is 0 Å². The van der Waals surface area contributed by atoms with Crippen molar-refractivity contribution >= 4 is 28.4 Å². The maximum Gasteiger partial charge on any atom is 0.338 e. The van der Waals surface area contributed by atoms with Gasteiger partial charge in [-0.1, -0.05) is 18.2 Å². The zero-order valence-electron chi connectivity index (χ0n) is 11.5. The van der Waals surface area contributed by atoms with Gasteiger partial charge in [0, 0.05) is 28.2 Å². The molecule has 0 aliphatic rings. The molecule has 104 valence electrons. The van der Waals surface area contributed by atoms with E-state index >= 15 is 0 Å². The number of H-pyrrole nitrogens is 1. The molecule has 0 aliphatic heterocycles. The highest BCUT2D eigenvalue weighted by Gasteiger charge is 2.20. The predicted octanol–water partition coefficient (Wildman–Crippen LogP) is 2.21. The Bertz CT molecular complexity index is 697. The first-order valence-corrected chi connectivity index (χ1v) is 6.04. The Morgan fingerprint density at radius 2 is 1.85 bits per heavy atom. The van der Waals surface area contributed by atoms with Crippen LogP contribution in [0.1, 0.15) is 11.3 Å². The molecule has 0 bridgehead atoms. The van der Waals surface area contributed by atoms with Crippen molar-refractivity contribution in [3.63, 3.8) is 0 Å². The number of para-hydroxylation sites is 1. The van der Waals surface area contributed by atoms with Crippen molar-refractivity contribution in [1.29, 1.82) is 0 Å². The number of hydrogen-bond acceptors (Lipinski definition) is 4. The minimum absolute atomic E-state index is 0.175. The number of rotatable bonds is 3. The summed E-state index contributed by atoms with van der Waals surface area (Å²) in [5, 5.41) is 0.852. The molecule has 0 fully saturated rings. The lowest BCUT2D eigenvalue weighted by molar-refractivity contribution is -0.136. The molecule has 2 aromatic rings. The first-order valence-electron chi connectivity index (χ1n) is 6.04. The number of methoxy groups -OCH3 is 2. The average molecular weight is 273 g/mol. The molecule has 0 unspecified atom stereocenters. The van der Waals surface area contributed by atoms with Crippen LogP contribution in [0.5, 0.6) is 0 Å². The van der Waals surface area contributed by atoms with Crippen LogP contribution in [0.25, 0.3) is 16.5 Å². The van der Waals surface area contributed by atoms with E-state index < -0.39 is 11.9 Å². The number of carbonyl (C=O) groups excluding carboxylic acids is 2. The molecule has 0 aliphatic carbocycles. The molecule has 0 saturated heterocycles. The third-order valence-electron chi connectivity index (χ3n) is 3.03. The maximum absolute atomic E-state index is 11.9. The Morgan fingerprint density at radius 1 is 1.15 bits per heavy atom. The molecule has 0 saturated carbocycles. The molecule has 0 atom stereocenters. The van der Waals surface area contributed by atoms with Gasteiger partial charge in [0.15, 0.2) is 0 Å². The van der Waals surface area contributed by atoms with Crippen molar-refractivity contribution in [2.24, 2.45) is 0 Å². The minimum Gasteiger partial charge on any atom is -0.466 e. The summed E-state index contributed by atoms with van der Waals surface area (Å²) in [4.78, 5) is 26.6. The van der Waals surface area contributed by atoms with E-state index in [1.54, 1.807) is 0 Å². The van der Waals surface area contributed by atoms with Gasteiger partial charge < -0.3 is 14.5 Å². The molecule has 0 spiro atoms. The first kappa shape index (κ1) is 13.9. The second-order valence-corrected chi connectivity index (χ2v) is 4.24. The Balaban J connectivity index is 2.68. The van der Waals surface area contributed by atoms with E-state index in [9.17, 15) is 9.59 Å². The van der Waals surface area contributed by atoms with Crippen LogP contribution in [-0.2, 0) is 19.1 Å². The second-order valence-electron chi connectivity index (χ2n) is 4.24. The fraction of sp³-hybridized carbons (Fsp3) is 0.200. The zero-order valence-corrected chi connectivity index (χ0v) is 11.5. The molecule has 0 radical (unpaired) electrons. The van der Waals surface area contributed by atoms with Crippen LogP contribution >= 0.6 is 0 Å². The van der Waals surface area contributed by atoms with Crippen LogP contribution in [0.4, 0.5) is 0 Å². The Kier molecular flexibility index (Phi) is 3.89. The summed E-state index contributed by atoms with van der Waals surface area (Å²) in [6, 6.07) is 7.54. The highest BCUT2D eigenvalue weighted by Crippen LogP contribution is 2.29. The van der Waals surface area contributed by atoms with Crippen molar-refractivity contribution in [2.75, 3.05) is 14.2 Å². The van der Waals surface area contributed by atoms with Crippen LogP contribution in [0.3, 0.4) is 0 Å². The smallest absolute Gasteiger partial charge is 0.338 e. The van der Waals surface area contributed by atoms with Crippen LogP contribution in [0.2, 0.25) is 0 Å². The van der Waals surface area contributed by atoms with Crippen molar-refractivity contribution in [2.45, 2.75) is 6.92 Å². The molecule has 1 aromatic carbocycles. The topological polar surface area (TPSA) is 68.4 Å². The third-order valence-corrected chi connectivity index (χ3v) is 3.03. The van der Waals surface area contributed by atoms with Gasteiger partial charge in [0.1, 0.15) is 0 Å². The average Bonchev–Trinajstić information content (AvgIpc) is 2.79. The second kappa shape index (κ2) is 5.61. The summed E-state index contributed by atoms with van der Waals surface area (Å²) in [7, 11) is 2.54. The summed E-state index contributed by atoms with van der Waals surface area (Å²) in [6.07, 6.45) is 1.15. The number of fused-ring (bicyclic) bond motifs is 1. The van der Waals surface area contributed by atoms with E-state index in [1.807, 2.05) is 31.2 Å². The van der Waals surface area contributed by atoms with Crippen LogP contribution in [0, 0.1) is 6.92 Å². The highest BCUT2D eigenvalue weighted by atomic mass is 16.5. The Morgan fingerprint density at radius 3 is 2.50 bits per heavy atom. The van der Waals surface area contributed by atoms with Gasteiger partial charge in [0.2, 0.25) is 0 Å². The quantitative estimate of drug-likeness (QED) is 0.687. The molecule has 1 N–H and O–H groups in total. The Labute approximate surface area is 116 Å². The van der Waals surface area contributed by atoms with E-state index in [1.165, 1.54) is 14.2 Å². The molecule has 5 heteroatoms. The normalized spacial score (nSPS) is 11.4. The number of hydrogen-bond donors (Lipinski definition) is 1. The summed E-state index contributed by atoms with van der Waals surface area (Å²) in [5.74, 6) is -1.18. The fourth-order valence-electron chi connectivity index (χ4n) is 2.14. The maximum atomic E-state index is 11.9. The molecule has 2 rings (SSSR count). The molecular formula is C15H15NO4. The summed E-state index contributed by atoms with van der Waals surface area (Å²) >= 11 is 0. The van der Waals surface area contributed by atoms with Gasteiger partial charge in [0.25, 0.3) is 0 Å². The molecule has 1 aromatic heterocycles. The van der Waals surface area contributed by atoms with Gasteiger partial charge >= 0.3 is 11.9 Å². The molecule has 0 amide bonds. The number of ether oxygens (including phenoxy) is 2. The lowest BCUT2D eigenvalue weighted by atomic mass is 10.0. The molecule has 20 heavy (non-hydrogen) atoms. The summed E-state index contributed by atoms with van der Waals surface area (Å²) < 4.78 is 9.35. The predicted molar refractivity (Wildman–Crippen MR) is 75.0 cm³/mol. The van der Waals surface area contributed by atoms with Gasteiger partial charge in [-0.2, -0.15) is 0 Å². The zero-order chi connectivity index (χ0) is 14.7. The van der Waals surface area contributed by atoms with Gasteiger partial charge in [-0.3, -0.25) is 0 Å². The largest absolute Gasteiger partial charge is 0.466 e. The molecule has 5 nitrogen and oxygen atoms in total. The van der Waals surface area contributed by atoms with Gasteiger partial charge in [-0.05, 0) is 13.0 Å². The van der Waals surface area contributed by atoms with Crippen LogP contribution in [0.15, 0.2) is 30.3 Å². The fourth-order valence-corrected chi connectivity index (χ4v) is 2.14. The SMILES string of the molecule is COC(=O)/C=C(\C(=O)OC)c1c(C)[nH]c2ccccc12. The number of esters is 2. The number of benzene rings is 1. The van der Waals surface area contributed by atoms with Crippen molar-refractivity contribution in [3.8, 4) is 0 Å². The number of nitrogens with one attached hydrogen (secondary N) is 1. The van der Waals surface area contributed by atoms with E-state index in [0.717, 1.165) is 22.7 Å². The monoisotopic (exact) mass is 273 g/mol. The van der Waals surface area contributed by atoms with E-state index in [4.69, 9.17) is 4.74 Å². The van der Waals surface area contributed by atoms with Crippen molar-refractivity contribution in [1.82, 2.24) is 4.98 Å². The lowest BCUT2D eigenvalue weighted by Crippen LogP contribution is -2.08. The van der Waals surface area contributed by atoms with Crippen LogP contribution in [-0.4, -0.2) is 31.1 Å². The molecular weight excluding hydrogens is 258 g/mol. The van der Waals surface area contributed by atoms with E-state index in [2.05, 4.69) is 9.72 Å². The highest BCUT2D eigenvalue weighted by molar-refractivity contribution is 6.24.